The van der Waals surface area contributed by atoms with Crippen LogP contribution in [0.1, 0.15) is 18.4 Å². The molecule has 0 unspecified atom stereocenters. The van der Waals surface area contributed by atoms with Crippen LogP contribution in [0, 0.1) is 0 Å². The normalized spacial score (nSPS) is 11.6. The molecule has 102 valence electrons. The van der Waals surface area contributed by atoms with Gasteiger partial charge in [0.15, 0.2) is 0 Å². The van der Waals surface area contributed by atoms with E-state index in [0.717, 1.165) is 5.56 Å². The smallest absolute Gasteiger partial charge is 0.240 e. The molecular formula is C13H17N3O3. The highest BCUT2D eigenvalue weighted by atomic mass is 16.2. The molecule has 0 heterocycles. The maximum absolute atomic E-state index is 11.6. The van der Waals surface area contributed by atoms with E-state index in [-0.39, 0.29) is 18.7 Å². The first-order valence-corrected chi connectivity index (χ1v) is 5.90. The van der Waals surface area contributed by atoms with E-state index >= 15 is 0 Å². The monoisotopic (exact) mass is 263 g/mol. The van der Waals surface area contributed by atoms with Crippen LogP contribution in [0.5, 0.6) is 0 Å². The molecule has 0 fully saturated rings. The zero-order chi connectivity index (χ0) is 14.3. The van der Waals surface area contributed by atoms with Crippen molar-refractivity contribution < 1.29 is 14.4 Å². The lowest BCUT2D eigenvalue weighted by Crippen LogP contribution is -2.46. The van der Waals surface area contributed by atoms with Crippen molar-refractivity contribution in [3.05, 3.63) is 35.9 Å². The third-order valence-corrected chi connectivity index (χ3v) is 2.57. The van der Waals surface area contributed by atoms with Gasteiger partial charge in [0.2, 0.25) is 17.7 Å². The average molecular weight is 263 g/mol. The molecule has 6 heteroatoms. The number of carbonyl (C=O) groups excluding carboxylic acids is 3. The van der Waals surface area contributed by atoms with E-state index in [1.54, 1.807) is 0 Å². The lowest BCUT2D eigenvalue weighted by atomic mass is 10.1. The van der Waals surface area contributed by atoms with Crippen molar-refractivity contribution in [1.82, 2.24) is 5.32 Å². The van der Waals surface area contributed by atoms with E-state index in [1.165, 1.54) is 0 Å². The number of benzene rings is 1. The molecule has 0 spiro atoms. The summed E-state index contributed by atoms with van der Waals surface area (Å²) in [5.74, 6) is -1.80. The summed E-state index contributed by atoms with van der Waals surface area (Å²) >= 11 is 0. The van der Waals surface area contributed by atoms with E-state index in [4.69, 9.17) is 11.5 Å². The van der Waals surface area contributed by atoms with E-state index < -0.39 is 17.9 Å². The van der Waals surface area contributed by atoms with Gasteiger partial charge in [0.25, 0.3) is 0 Å². The number of hydrogen-bond donors (Lipinski definition) is 3. The van der Waals surface area contributed by atoms with Crippen LogP contribution in [0.2, 0.25) is 0 Å². The number of primary amides is 2. The molecule has 1 aromatic carbocycles. The van der Waals surface area contributed by atoms with Crippen molar-refractivity contribution in [2.24, 2.45) is 11.5 Å². The lowest BCUT2D eigenvalue weighted by molar-refractivity contribution is -0.129. The Kier molecular flexibility index (Phi) is 5.53. The van der Waals surface area contributed by atoms with E-state index in [2.05, 4.69) is 5.32 Å². The summed E-state index contributed by atoms with van der Waals surface area (Å²) in [6.07, 6.45) is 0.480. The number of aryl methyl sites for hydroxylation is 1. The van der Waals surface area contributed by atoms with E-state index in [9.17, 15) is 14.4 Å². The van der Waals surface area contributed by atoms with Gasteiger partial charge in [-0.3, -0.25) is 14.4 Å². The van der Waals surface area contributed by atoms with E-state index in [1.807, 2.05) is 30.3 Å². The van der Waals surface area contributed by atoms with Crippen LogP contribution in [0.3, 0.4) is 0 Å². The van der Waals surface area contributed by atoms with Crippen molar-refractivity contribution in [1.29, 1.82) is 0 Å². The molecule has 1 atom stereocenters. The summed E-state index contributed by atoms with van der Waals surface area (Å²) in [6.45, 7) is 0. The highest BCUT2D eigenvalue weighted by Crippen LogP contribution is 2.02. The Bertz CT molecular complexity index is 459. The van der Waals surface area contributed by atoms with Crippen LogP contribution in [0.15, 0.2) is 30.3 Å². The van der Waals surface area contributed by atoms with Crippen LogP contribution in [-0.2, 0) is 20.8 Å². The minimum absolute atomic E-state index is 0.215. The van der Waals surface area contributed by atoms with Crippen LogP contribution < -0.4 is 16.8 Å². The maximum Gasteiger partial charge on any atom is 0.240 e. The van der Waals surface area contributed by atoms with Gasteiger partial charge in [-0.2, -0.15) is 0 Å². The predicted octanol–water partition coefficient (Wildman–Crippen LogP) is -0.535. The molecular weight excluding hydrogens is 246 g/mol. The SMILES string of the molecule is NC(=O)C[C@H](NC(=O)CCc1ccccc1)C(N)=O. The molecule has 1 rings (SSSR count). The first kappa shape index (κ1) is 14.7. The second-order valence-electron chi connectivity index (χ2n) is 4.18. The predicted molar refractivity (Wildman–Crippen MR) is 69.7 cm³/mol. The van der Waals surface area contributed by atoms with Crippen molar-refractivity contribution in [2.45, 2.75) is 25.3 Å². The molecule has 0 saturated heterocycles. The zero-order valence-corrected chi connectivity index (χ0v) is 10.5. The Morgan fingerprint density at radius 2 is 1.74 bits per heavy atom. The average Bonchev–Trinajstić information content (AvgIpc) is 2.36. The second kappa shape index (κ2) is 7.15. The van der Waals surface area contributed by atoms with Crippen molar-refractivity contribution in [3.8, 4) is 0 Å². The summed E-state index contributed by atoms with van der Waals surface area (Å²) in [6, 6.07) is 8.42. The second-order valence-corrected chi connectivity index (χ2v) is 4.18. The fourth-order valence-corrected chi connectivity index (χ4v) is 1.59. The standard InChI is InChI=1S/C13H17N3O3/c14-11(17)8-10(13(15)19)16-12(18)7-6-9-4-2-1-3-5-9/h1-5,10H,6-8H2,(H2,14,17)(H2,15,19)(H,16,18)/t10-/m0/s1. The fraction of sp³-hybridized carbons (Fsp3) is 0.308. The molecule has 0 bridgehead atoms. The Balaban J connectivity index is 2.45. The molecule has 0 aromatic heterocycles. The first-order valence-electron chi connectivity index (χ1n) is 5.90. The molecule has 1 aromatic rings. The number of rotatable bonds is 7. The Morgan fingerprint density at radius 1 is 1.11 bits per heavy atom. The Morgan fingerprint density at radius 3 is 2.26 bits per heavy atom. The molecule has 19 heavy (non-hydrogen) atoms. The van der Waals surface area contributed by atoms with Crippen molar-refractivity contribution >= 4 is 17.7 Å². The minimum atomic E-state index is -1.04. The highest BCUT2D eigenvalue weighted by Gasteiger charge is 2.19. The molecule has 0 aliphatic carbocycles. The number of nitrogens with two attached hydrogens (primary N) is 2. The Labute approximate surface area is 111 Å². The third kappa shape index (κ3) is 5.67. The number of hydrogen-bond acceptors (Lipinski definition) is 3. The largest absolute Gasteiger partial charge is 0.370 e. The molecule has 6 nitrogen and oxygen atoms in total. The maximum atomic E-state index is 11.6. The topological polar surface area (TPSA) is 115 Å². The molecule has 0 radical (unpaired) electrons. The summed E-state index contributed by atoms with van der Waals surface area (Å²) < 4.78 is 0. The third-order valence-electron chi connectivity index (χ3n) is 2.57. The highest BCUT2D eigenvalue weighted by molar-refractivity contribution is 5.90. The summed E-state index contributed by atoms with van der Waals surface area (Å²) in [5, 5.41) is 2.40. The number of carbonyl (C=O) groups is 3. The van der Waals surface area contributed by atoms with Gasteiger partial charge in [0, 0.05) is 6.42 Å². The van der Waals surface area contributed by atoms with Gasteiger partial charge in [-0.25, -0.2) is 0 Å². The lowest BCUT2D eigenvalue weighted by Gasteiger charge is -2.13. The number of amides is 3. The van der Waals surface area contributed by atoms with Crippen LogP contribution in [0.25, 0.3) is 0 Å². The summed E-state index contributed by atoms with van der Waals surface area (Å²) in [5.41, 5.74) is 11.1. The van der Waals surface area contributed by atoms with Gasteiger partial charge < -0.3 is 16.8 Å². The van der Waals surface area contributed by atoms with Crippen LogP contribution >= 0.6 is 0 Å². The molecule has 0 aliphatic heterocycles. The zero-order valence-electron chi connectivity index (χ0n) is 10.5. The molecule has 5 N–H and O–H groups in total. The van der Waals surface area contributed by atoms with Gasteiger partial charge in [-0.1, -0.05) is 30.3 Å². The van der Waals surface area contributed by atoms with Gasteiger partial charge in [-0.15, -0.1) is 0 Å². The Hall–Kier alpha value is -2.37. The fourth-order valence-electron chi connectivity index (χ4n) is 1.59. The van der Waals surface area contributed by atoms with Crippen molar-refractivity contribution in [2.75, 3.05) is 0 Å². The van der Waals surface area contributed by atoms with Crippen LogP contribution in [0.4, 0.5) is 0 Å². The minimum Gasteiger partial charge on any atom is -0.370 e. The van der Waals surface area contributed by atoms with E-state index in [0.29, 0.717) is 6.42 Å². The van der Waals surface area contributed by atoms with Crippen molar-refractivity contribution in [3.63, 3.8) is 0 Å². The van der Waals surface area contributed by atoms with Gasteiger partial charge in [-0.05, 0) is 12.0 Å². The van der Waals surface area contributed by atoms with Crippen LogP contribution in [-0.4, -0.2) is 23.8 Å². The quantitative estimate of drug-likeness (QED) is 0.613. The molecule has 0 aliphatic rings. The number of nitrogens with one attached hydrogen (secondary N) is 1. The summed E-state index contributed by atoms with van der Waals surface area (Å²) in [7, 11) is 0. The molecule has 0 saturated carbocycles. The van der Waals surface area contributed by atoms with Gasteiger partial charge in [0.05, 0.1) is 6.42 Å². The first-order chi connectivity index (χ1) is 8.99. The van der Waals surface area contributed by atoms with Gasteiger partial charge in [0.1, 0.15) is 6.04 Å². The summed E-state index contributed by atoms with van der Waals surface area (Å²) in [4.78, 5) is 33.4. The van der Waals surface area contributed by atoms with Gasteiger partial charge >= 0.3 is 0 Å². The molecule has 3 amide bonds.